The molecule has 7 heteroatoms. The van der Waals surface area contributed by atoms with E-state index in [-0.39, 0.29) is 11.4 Å². The van der Waals surface area contributed by atoms with Gasteiger partial charge in [0.1, 0.15) is 11.4 Å². The zero-order valence-corrected chi connectivity index (χ0v) is 27.2. The molecule has 2 N–H and O–H groups in total. The van der Waals surface area contributed by atoms with Gasteiger partial charge in [-0.2, -0.15) is 4.79 Å². The highest BCUT2D eigenvalue weighted by Crippen LogP contribution is 2.38. The summed E-state index contributed by atoms with van der Waals surface area (Å²) in [6.07, 6.45) is 7.86. The summed E-state index contributed by atoms with van der Waals surface area (Å²) in [4.78, 5) is 35.6. The topological polar surface area (TPSA) is 111 Å². The first-order valence-electron chi connectivity index (χ1n) is 16.6. The fourth-order valence-electron chi connectivity index (χ4n) is 7.04. The maximum absolute atomic E-state index is 14.4. The highest BCUT2D eigenvalue weighted by molar-refractivity contribution is 6.52. The molecule has 240 valence electrons. The van der Waals surface area contributed by atoms with Crippen molar-refractivity contribution in [3.63, 3.8) is 0 Å². The number of H-pyrrole nitrogens is 2. The number of fused-ring (bicyclic) bond motifs is 8. The smallest absolute Gasteiger partial charge is 0.361 e. The minimum absolute atomic E-state index is 0.102. The van der Waals surface area contributed by atoms with E-state index in [9.17, 15) is 10.3 Å². The van der Waals surface area contributed by atoms with E-state index in [2.05, 4.69) is 51.2 Å². The van der Waals surface area contributed by atoms with Crippen molar-refractivity contribution in [1.82, 2.24) is 19.9 Å². The number of aromatic nitrogens is 4. The Hall–Kier alpha value is -7.21. The third-order valence-electron chi connectivity index (χ3n) is 9.31. The third-order valence-corrected chi connectivity index (χ3v) is 9.31. The van der Waals surface area contributed by atoms with Crippen molar-refractivity contribution in [2.24, 2.45) is 0 Å². The van der Waals surface area contributed by atoms with Gasteiger partial charge in [-0.15, -0.1) is 0 Å². The van der Waals surface area contributed by atoms with E-state index in [0.717, 1.165) is 55.8 Å². The van der Waals surface area contributed by atoms with Gasteiger partial charge in [0.2, 0.25) is 0 Å². The summed E-state index contributed by atoms with van der Waals surface area (Å²) >= 11 is 0. The maximum atomic E-state index is 14.4. The van der Waals surface area contributed by atoms with Crippen LogP contribution in [0.3, 0.4) is 0 Å². The van der Waals surface area contributed by atoms with Crippen LogP contribution in [0.1, 0.15) is 39.0 Å². The molecule has 0 spiro atoms. The molecule has 0 aliphatic carbocycles. The molecule has 2 aromatic heterocycles. The molecule has 0 fully saturated rings. The summed E-state index contributed by atoms with van der Waals surface area (Å²) in [5.41, 5.74) is 22.1. The van der Waals surface area contributed by atoms with E-state index in [1.165, 1.54) is 0 Å². The Bertz CT molecular complexity index is 2680. The van der Waals surface area contributed by atoms with E-state index in [4.69, 9.17) is 9.97 Å². The lowest BCUT2D eigenvalue weighted by Gasteiger charge is -2.06. The summed E-state index contributed by atoms with van der Waals surface area (Å²) < 4.78 is 0. The van der Waals surface area contributed by atoms with Crippen LogP contribution in [0.4, 0.5) is 0 Å². The Labute approximate surface area is 293 Å². The van der Waals surface area contributed by atoms with E-state index in [0.29, 0.717) is 28.2 Å². The standard InChI is InChI=1S/C44H28N6O/c45-50-43-41-39(29-17-9-3-10-18-29)35-25-23-33(47-35)37(27-13-5-1-6-14-27)31-21-22-32(46-31)38(28-15-7-2-8-16-28)34-24-26-36(48-34)40(42(49-41)44(43)51)30-19-11-4-12-20-30/h1-26,46,49H. The van der Waals surface area contributed by atoms with Crippen LogP contribution in [-0.4, -0.2) is 36.2 Å². The predicted octanol–water partition coefficient (Wildman–Crippen LogP) is 9.95. The molecule has 0 radical (unpaired) electrons. The Balaban J connectivity index is 1.53. The first-order chi connectivity index (χ1) is 25.2. The van der Waals surface area contributed by atoms with Crippen molar-refractivity contribution < 1.29 is 9.58 Å². The Kier molecular flexibility index (Phi) is 7.24. The minimum Gasteiger partial charge on any atom is -0.361 e. The number of aromatic amines is 2. The highest BCUT2D eigenvalue weighted by atomic mass is 16.1. The second-order valence-electron chi connectivity index (χ2n) is 12.3. The number of ketones is 1. The molecule has 51 heavy (non-hydrogen) atoms. The lowest BCUT2D eigenvalue weighted by molar-refractivity contribution is -0.00464. The minimum atomic E-state index is -0.446. The van der Waals surface area contributed by atoms with Gasteiger partial charge < -0.3 is 15.5 Å². The number of nitrogens with zero attached hydrogens (tertiary/aromatic N) is 4. The molecule has 3 aliphatic rings. The van der Waals surface area contributed by atoms with Crippen LogP contribution >= 0.6 is 0 Å². The molecule has 5 heterocycles. The molecular formula is C44H28N6O. The molecule has 0 saturated carbocycles. The number of hydrogen-bond donors (Lipinski definition) is 2. The van der Waals surface area contributed by atoms with Crippen molar-refractivity contribution in [3.05, 3.63) is 173 Å². The van der Waals surface area contributed by atoms with Gasteiger partial charge in [-0.05, 0) is 58.7 Å². The SMILES string of the molecule is [N-]=[N+]=C1C(=O)c2[nH]c1c(-c1ccccc1)c1nc(c(-c3ccccc3)c3ccc([nH]3)c(-c3ccccc3)c3nc(c2-c2ccccc2)C=C3)C=C1. The number of Topliss-reactive ketones (excluding diaryl/α,β-unsaturated/α-hetero) is 1. The lowest BCUT2D eigenvalue weighted by Crippen LogP contribution is -2.12. The van der Waals surface area contributed by atoms with Crippen LogP contribution in [0.25, 0.3) is 85.4 Å². The molecule has 0 unspecified atom stereocenters. The molecule has 8 bridgehead atoms. The molecule has 6 aromatic rings. The summed E-state index contributed by atoms with van der Waals surface area (Å²) in [5, 5.41) is 0. The number of hydrogen-bond acceptors (Lipinski definition) is 3. The van der Waals surface area contributed by atoms with Gasteiger partial charge in [-0.3, -0.25) is 4.79 Å². The first-order valence-corrected chi connectivity index (χ1v) is 16.6. The predicted molar refractivity (Wildman–Crippen MR) is 204 cm³/mol. The highest BCUT2D eigenvalue weighted by Gasteiger charge is 2.38. The number of carbonyl (C=O) groups is 1. The van der Waals surface area contributed by atoms with Crippen molar-refractivity contribution in [3.8, 4) is 44.5 Å². The van der Waals surface area contributed by atoms with Crippen molar-refractivity contribution in [2.45, 2.75) is 0 Å². The molecule has 7 nitrogen and oxygen atoms in total. The van der Waals surface area contributed by atoms with Gasteiger partial charge in [0, 0.05) is 33.3 Å². The zero-order valence-electron chi connectivity index (χ0n) is 27.2. The monoisotopic (exact) mass is 656 g/mol. The fourth-order valence-corrected chi connectivity index (χ4v) is 7.04. The molecule has 0 saturated heterocycles. The van der Waals surface area contributed by atoms with E-state index in [1.807, 2.05) is 121 Å². The fraction of sp³-hybridized carbons (Fsp3) is 0. The van der Waals surface area contributed by atoms with Crippen LogP contribution in [0.5, 0.6) is 0 Å². The van der Waals surface area contributed by atoms with E-state index < -0.39 is 5.78 Å². The third kappa shape index (κ3) is 5.13. The molecule has 3 aliphatic heterocycles. The van der Waals surface area contributed by atoms with Crippen molar-refractivity contribution in [1.29, 1.82) is 0 Å². The molecule has 9 rings (SSSR count). The average molecular weight is 657 g/mol. The van der Waals surface area contributed by atoms with Crippen LogP contribution in [-0.2, 0) is 0 Å². The van der Waals surface area contributed by atoms with Crippen molar-refractivity contribution >= 4 is 46.8 Å². The molecule has 0 atom stereocenters. The van der Waals surface area contributed by atoms with E-state index in [1.54, 1.807) is 0 Å². The summed E-state index contributed by atoms with van der Waals surface area (Å²) in [6.45, 7) is 0. The number of benzene rings is 4. The normalized spacial score (nSPS) is 12.5. The lowest BCUT2D eigenvalue weighted by atomic mass is 9.97. The van der Waals surface area contributed by atoms with Crippen molar-refractivity contribution in [2.75, 3.05) is 0 Å². The number of rotatable bonds is 4. The van der Waals surface area contributed by atoms with Crippen LogP contribution in [0.15, 0.2) is 133 Å². The van der Waals surface area contributed by atoms with Gasteiger partial charge in [0.25, 0.3) is 5.78 Å². The van der Waals surface area contributed by atoms with Gasteiger partial charge in [0.05, 0.1) is 22.8 Å². The summed E-state index contributed by atoms with van der Waals surface area (Å²) in [5.74, 6) is -0.446. The van der Waals surface area contributed by atoms with Crippen LogP contribution < -0.4 is 0 Å². The first kappa shape index (κ1) is 29.9. The Morgan fingerprint density at radius 3 is 1.18 bits per heavy atom. The largest absolute Gasteiger partial charge is 0.388 e. The second kappa shape index (κ2) is 12.3. The second-order valence-corrected chi connectivity index (χ2v) is 12.3. The molecule has 0 amide bonds. The van der Waals surface area contributed by atoms with Gasteiger partial charge >= 0.3 is 5.71 Å². The Morgan fingerprint density at radius 1 is 0.431 bits per heavy atom. The quantitative estimate of drug-likeness (QED) is 0.145. The average Bonchev–Trinajstić information content (AvgIpc) is 4.01. The van der Waals surface area contributed by atoms with E-state index >= 15 is 0 Å². The van der Waals surface area contributed by atoms with Gasteiger partial charge in [-0.1, -0.05) is 121 Å². The summed E-state index contributed by atoms with van der Waals surface area (Å²) in [7, 11) is 0. The zero-order chi connectivity index (χ0) is 34.3. The van der Waals surface area contributed by atoms with Gasteiger partial charge in [-0.25, -0.2) is 9.97 Å². The summed E-state index contributed by atoms with van der Waals surface area (Å²) in [6, 6.07) is 43.9. The Morgan fingerprint density at radius 2 is 0.784 bits per heavy atom. The van der Waals surface area contributed by atoms with Crippen LogP contribution in [0.2, 0.25) is 0 Å². The molecular weight excluding hydrogens is 629 g/mol. The van der Waals surface area contributed by atoms with Crippen LogP contribution in [0, 0.1) is 0 Å². The number of nitrogens with one attached hydrogen (secondary N) is 2. The number of carbonyl (C=O) groups excluding carboxylic acids is 1. The van der Waals surface area contributed by atoms with Gasteiger partial charge in [0.15, 0.2) is 0 Å². The molecule has 4 aromatic carbocycles. The maximum Gasteiger partial charge on any atom is 0.388 e.